The lowest BCUT2D eigenvalue weighted by molar-refractivity contribution is 0.0598. The number of amides is 4. The molecular formula is C98H86Cl3FN16O6S. The maximum atomic E-state index is 14.9. The monoisotopic (exact) mass is 1740 g/mol. The van der Waals surface area contributed by atoms with Gasteiger partial charge in [-0.05, 0) is 203 Å². The number of carbonyl (C=O) groups is 4. The lowest BCUT2D eigenvalue weighted by atomic mass is 9.97. The number of hydrogen-bond acceptors (Lipinski definition) is 13. The van der Waals surface area contributed by atoms with Gasteiger partial charge in [-0.1, -0.05) is 102 Å². The number of nitrogens with zero attached hydrogens (tertiary/aromatic N) is 16. The van der Waals surface area contributed by atoms with Crippen LogP contribution >= 0.6 is 46.1 Å². The number of pyridine rings is 4. The largest absolute Gasteiger partial charge is 0.495 e. The quantitative estimate of drug-likeness (QED) is 0.111. The summed E-state index contributed by atoms with van der Waals surface area (Å²) in [6, 6.07) is 51.5. The third-order valence-corrected chi connectivity index (χ3v) is 26.8. The number of halogens is 4. The molecular weight excluding hydrogens is 1650 g/mol. The highest BCUT2D eigenvalue weighted by Crippen LogP contribution is 2.47. The minimum absolute atomic E-state index is 0.0648. The molecule has 4 amide bonds. The summed E-state index contributed by atoms with van der Waals surface area (Å²) in [6.07, 6.45) is 20.6. The first-order valence-corrected chi connectivity index (χ1v) is 44.6. The number of nitriles is 1. The van der Waals surface area contributed by atoms with E-state index < -0.39 is 5.82 Å². The number of aryl methyl sites for hydroxylation is 2. The maximum absolute atomic E-state index is 14.9. The van der Waals surface area contributed by atoms with E-state index in [-0.39, 0.29) is 45.8 Å². The highest BCUT2D eigenvalue weighted by atomic mass is 35.5. The van der Waals surface area contributed by atoms with E-state index in [1.54, 1.807) is 42.2 Å². The van der Waals surface area contributed by atoms with Gasteiger partial charge < -0.3 is 51.6 Å². The Morgan fingerprint density at radius 3 is 1.55 bits per heavy atom. The van der Waals surface area contributed by atoms with Gasteiger partial charge in [0.25, 0.3) is 29.2 Å². The molecule has 16 aromatic rings. The van der Waals surface area contributed by atoms with Crippen molar-refractivity contribution >= 4 is 130 Å². The molecule has 0 saturated heterocycles. The van der Waals surface area contributed by atoms with Crippen molar-refractivity contribution in [1.29, 1.82) is 5.26 Å². The second-order valence-electron chi connectivity index (χ2n) is 33.3. The summed E-state index contributed by atoms with van der Waals surface area (Å²) < 4.78 is 32.4. The standard InChI is InChI=1S/C20H17ClFN3O2.C20H18ClN3O.C20H17N3O.C19H18ClN3O.C19H16N4OS/c1-27-16-9-12(14(22)10-13(16)21)17-18-15(3-2-6-23-18)25-8-7-24(11-4-5-11)20(26)19(17)25;1-12-11-23-16-3-2-10-22-18(16)17(13-4-6-14(21)7-5-13)19(23)20(25)24(12)15-8-9-15;1-13-4-6-14(7-5-13)17-18-16(3-2-10-21-18)23-12-11-22(15-8-9-15)20(24)19(17)23;1-2-10-22-11-12-23-15-4-3-9-21-17(15)16(18(23)19(22)24)13-5-7-14(20)8-6-13;1-11-8-12(9-20)2-5-14(11)15-16-19(25-10-21-16)23-7-6-22(13-3-4-13)18(24)17(15)23/h2-3,6,9-11H,4-5,7-8H2,1H3;2-7,10,12,15H,8-9,11H2,1H3;2-7,10-12,15H,8-9H2,1H3;3-9H,2,10-12H2,1H3;2,5,8,10,13H,3-4,6-7H2,1H3/t;12-;;;/m.0.../s1. The highest BCUT2D eigenvalue weighted by molar-refractivity contribution is 7.16. The molecule has 628 valence electrons. The van der Waals surface area contributed by atoms with E-state index >= 15 is 0 Å². The Balaban J connectivity index is 0.0000000988. The molecule has 0 bridgehead atoms. The number of aromatic nitrogens is 11. The van der Waals surface area contributed by atoms with Gasteiger partial charge in [0.2, 0.25) is 0 Å². The van der Waals surface area contributed by atoms with E-state index in [4.69, 9.17) is 44.8 Å². The minimum Gasteiger partial charge on any atom is -0.495 e. The zero-order chi connectivity index (χ0) is 85.9. The number of carbonyl (C=O) groups excluding carboxylic acids is 4. The molecule has 4 aliphatic carbocycles. The van der Waals surface area contributed by atoms with Gasteiger partial charge in [0.05, 0.1) is 73.4 Å². The average molecular weight is 1740 g/mol. The van der Waals surface area contributed by atoms with Crippen molar-refractivity contribution in [3.63, 3.8) is 0 Å². The number of benzene rings is 5. The Morgan fingerprint density at radius 1 is 0.504 bits per heavy atom. The van der Waals surface area contributed by atoms with Crippen LogP contribution in [0.25, 0.3) is 116 Å². The van der Waals surface area contributed by atoms with Gasteiger partial charge in [-0.3, -0.25) is 43.9 Å². The Bertz CT molecular complexity index is 7170. The lowest BCUT2D eigenvalue weighted by Gasteiger charge is -2.35. The van der Waals surface area contributed by atoms with Crippen LogP contribution < -0.4 is 10.3 Å². The zero-order valence-corrected chi connectivity index (χ0v) is 72.5. The van der Waals surface area contributed by atoms with E-state index in [1.807, 2.05) is 162 Å². The van der Waals surface area contributed by atoms with E-state index in [0.717, 1.165) is 219 Å². The fourth-order valence-corrected chi connectivity index (χ4v) is 20.1. The molecule has 0 unspecified atom stereocenters. The Kier molecular flexibility index (Phi) is 21.1. The molecule has 0 radical (unpaired) electrons. The van der Waals surface area contributed by atoms with E-state index in [1.165, 1.54) is 18.7 Å². The van der Waals surface area contributed by atoms with Gasteiger partial charge in [0, 0.05) is 163 Å². The molecule has 4 fully saturated rings. The first kappa shape index (κ1) is 80.6. The van der Waals surface area contributed by atoms with Crippen LogP contribution in [0.2, 0.25) is 15.1 Å². The number of rotatable bonds is 12. The number of ether oxygens (including phenoxy) is 1. The SMILES string of the molecule is CCCN1CCn2c(c(-c3ccc(Cl)cc3)c3ncccc32)C1=O.COc1cc(-c2c3n(c4cccnc24)CCN(C2CC2)C3=O)c(F)cc1Cl.C[C@H]1Cn2c(c(-c3ccc(Cl)cc3)c3ncccc32)C(=O)N1C1CC1.Cc1cc(C#N)ccc1-c1c2n(c3scnc13)CCN(C1CC1)C2=O.Cc1ccc(-c2c3ncccc3n3ccn(C4CC4)c(=O)c23)cc1. The van der Waals surface area contributed by atoms with Crippen LogP contribution in [0, 0.1) is 31.0 Å². The molecule has 27 heteroatoms. The van der Waals surface area contributed by atoms with Crippen molar-refractivity contribution in [3.8, 4) is 67.5 Å². The molecule has 0 spiro atoms. The lowest BCUT2D eigenvalue weighted by Crippen LogP contribution is -2.47. The molecule has 24 rings (SSSR count). The number of thiazole rings is 1. The topological polar surface area (TPSA) is 225 Å². The fourth-order valence-electron chi connectivity index (χ4n) is 18.7. The van der Waals surface area contributed by atoms with Gasteiger partial charge in [-0.15, -0.1) is 11.3 Å². The summed E-state index contributed by atoms with van der Waals surface area (Å²) >= 11 is 19.7. The first-order chi connectivity index (χ1) is 60.9. The van der Waals surface area contributed by atoms with Gasteiger partial charge in [0.15, 0.2) is 0 Å². The van der Waals surface area contributed by atoms with Gasteiger partial charge in [0.1, 0.15) is 50.2 Å². The first-order valence-electron chi connectivity index (χ1n) is 42.6. The van der Waals surface area contributed by atoms with Crippen LogP contribution in [0.1, 0.15) is 136 Å². The predicted molar refractivity (Wildman–Crippen MR) is 488 cm³/mol. The van der Waals surface area contributed by atoms with Crippen molar-refractivity contribution in [2.75, 3.05) is 33.3 Å². The third-order valence-electron chi connectivity index (χ3n) is 25.2. The molecule has 5 aromatic carbocycles. The van der Waals surface area contributed by atoms with Gasteiger partial charge in [-0.25, -0.2) is 9.37 Å². The third kappa shape index (κ3) is 14.4. The summed E-state index contributed by atoms with van der Waals surface area (Å²) in [7, 11) is 1.48. The molecule has 1 atom stereocenters. The molecule has 4 saturated carbocycles. The summed E-state index contributed by atoms with van der Waals surface area (Å²) in [5.74, 6) is 0.135. The number of fused-ring (bicyclic) bond motifs is 15. The number of methoxy groups -OCH3 is 1. The summed E-state index contributed by atoms with van der Waals surface area (Å²) in [5, 5.41) is 10.7. The molecule has 4 aliphatic heterocycles. The minimum atomic E-state index is -0.502. The van der Waals surface area contributed by atoms with Crippen molar-refractivity contribution < 1.29 is 28.3 Å². The smallest absolute Gasteiger partial charge is 0.275 e. The Hall–Kier alpha value is -12.8. The Morgan fingerprint density at radius 2 is 1.00 bits per heavy atom. The molecule has 125 heavy (non-hydrogen) atoms. The van der Waals surface area contributed by atoms with Crippen molar-refractivity contribution in [1.82, 2.24) is 71.8 Å². The van der Waals surface area contributed by atoms with Crippen LogP contribution in [-0.4, -0.2) is 153 Å². The maximum Gasteiger partial charge on any atom is 0.275 e. The molecule has 11 aromatic heterocycles. The van der Waals surface area contributed by atoms with E-state index in [9.17, 15) is 28.4 Å². The summed E-state index contributed by atoms with van der Waals surface area (Å²) in [5.41, 5.74) is 24.7. The average Bonchev–Trinajstić information content (AvgIpc) is 1.59. The number of hydrogen-bond donors (Lipinski definition) is 0. The van der Waals surface area contributed by atoms with Gasteiger partial charge >= 0.3 is 0 Å². The highest BCUT2D eigenvalue weighted by Gasteiger charge is 2.45. The van der Waals surface area contributed by atoms with Crippen molar-refractivity contribution in [2.24, 2.45) is 0 Å². The molecule has 22 nitrogen and oxygen atoms in total. The zero-order valence-electron chi connectivity index (χ0n) is 69.4. The summed E-state index contributed by atoms with van der Waals surface area (Å²) in [4.78, 5) is 98.0. The van der Waals surface area contributed by atoms with Gasteiger partial charge in [-0.2, -0.15) is 5.26 Å². The van der Waals surface area contributed by atoms with Crippen LogP contribution in [0.3, 0.4) is 0 Å². The molecule has 15 heterocycles. The molecule has 0 N–H and O–H groups in total. The van der Waals surface area contributed by atoms with Crippen LogP contribution in [0.5, 0.6) is 5.75 Å². The second-order valence-corrected chi connectivity index (χ2v) is 35.4. The van der Waals surface area contributed by atoms with Crippen LogP contribution in [0.4, 0.5) is 4.39 Å². The van der Waals surface area contributed by atoms with E-state index in [0.29, 0.717) is 75.4 Å². The van der Waals surface area contributed by atoms with Crippen LogP contribution in [0.15, 0.2) is 199 Å². The Labute approximate surface area is 737 Å². The normalized spacial score (nSPS) is 16.6. The van der Waals surface area contributed by atoms with Crippen molar-refractivity contribution in [2.45, 2.75) is 142 Å². The van der Waals surface area contributed by atoms with Crippen LogP contribution in [-0.2, 0) is 26.2 Å². The second kappa shape index (κ2) is 32.7. The van der Waals surface area contributed by atoms with Crippen molar-refractivity contribution in [3.05, 3.63) is 265 Å². The predicted octanol–water partition coefficient (Wildman–Crippen LogP) is 20.2. The summed E-state index contributed by atoms with van der Waals surface area (Å²) in [6.45, 7) is 14.4. The van der Waals surface area contributed by atoms with E-state index in [2.05, 4.69) is 101 Å². The molecule has 8 aliphatic rings. The fraction of sp³-hybridized carbons (Fsp3) is 0.276.